The molecule has 0 bridgehead atoms. The number of benzene rings is 1. The standard InChI is InChI=1S/C7H9O3PS2/c8-11(9)10-13-12-6-7-4-2-1-3-5-7/h1-5,11H,6H2,(H,8,9). The molecule has 1 rings (SSSR count). The lowest BCUT2D eigenvalue weighted by Crippen LogP contribution is -1.75. The van der Waals surface area contributed by atoms with Gasteiger partial charge in [0.1, 0.15) is 0 Å². The van der Waals surface area contributed by atoms with Crippen molar-refractivity contribution in [2.24, 2.45) is 0 Å². The van der Waals surface area contributed by atoms with Crippen molar-refractivity contribution < 1.29 is 13.4 Å². The van der Waals surface area contributed by atoms with E-state index >= 15 is 0 Å². The highest BCUT2D eigenvalue weighted by atomic mass is 33.1. The summed E-state index contributed by atoms with van der Waals surface area (Å²) in [5.74, 6) is 0.765. The van der Waals surface area contributed by atoms with Crippen molar-refractivity contribution >= 4 is 30.1 Å². The molecule has 0 heterocycles. The van der Waals surface area contributed by atoms with Crippen LogP contribution >= 0.6 is 30.1 Å². The van der Waals surface area contributed by atoms with Crippen LogP contribution in [-0.4, -0.2) is 4.89 Å². The fourth-order valence-electron chi connectivity index (χ4n) is 0.719. The van der Waals surface area contributed by atoms with E-state index in [0.29, 0.717) is 0 Å². The summed E-state index contributed by atoms with van der Waals surface area (Å²) in [4.78, 5) is 8.34. The summed E-state index contributed by atoms with van der Waals surface area (Å²) >= 11 is 0.956. The topological polar surface area (TPSA) is 46.5 Å². The molecule has 0 radical (unpaired) electrons. The minimum Gasteiger partial charge on any atom is -0.326 e. The van der Waals surface area contributed by atoms with Crippen LogP contribution in [0.3, 0.4) is 0 Å². The second-order valence-corrected chi connectivity index (χ2v) is 5.14. The van der Waals surface area contributed by atoms with Crippen LogP contribution in [0.25, 0.3) is 0 Å². The van der Waals surface area contributed by atoms with Gasteiger partial charge in [-0.2, -0.15) is 0 Å². The van der Waals surface area contributed by atoms with E-state index in [1.807, 2.05) is 30.3 Å². The first-order valence-electron chi connectivity index (χ1n) is 3.52. The molecule has 0 fully saturated rings. The molecule has 0 saturated heterocycles. The summed E-state index contributed by atoms with van der Waals surface area (Å²) in [6.45, 7) is 0. The zero-order chi connectivity index (χ0) is 9.52. The van der Waals surface area contributed by atoms with Crippen molar-refractivity contribution in [1.82, 2.24) is 0 Å². The highest BCUT2D eigenvalue weighted by Gasteiger charge is 1.95. The van der Waals surface area contributed by atoms with Crippen LogP contribution in [-0.2, 0) is 14.3 Å². The van der Waals surface area contributed by atoms with E-state index in [9.17, 15) is 4.57 Å². The minimum absolute atomic E-state index is 0.765. The third-order valence-corrected chi connectivity index (χ3v) is 3.87. The Morgan fingerprint density at radius 3 is 2.69 bits per heavy atom. The normalized spacial score (nSPS) is 12.7. The predicted octanol–water partition coefficient (Wildman–Crippen LogP) is 2.88. The zero-order valence-electron chi connectivity index (χ0n) is 6.67. The smallest absolute Gasteiger partial charge is 0.326 e. The first-order chi connectivity index (χ1) is 6.29. The molecule has 1 aromatic rings. The van der Waals surface area contributed by atoms with E-state index in [1.165, 1.54) is 16.4 Å². The quantitative estimate of drug-likeness (QED) is 0.368. The maximum absolute atomic E-state index is 10.1. The van der Waals surface area contributed by atoms with Crippen molar-refractivity contribution in [1.29, 1.82) is 0 Å². The van der Waals surface area contributed by atoms with Crippen LogP contribution < -0.4 is 0 Å². The highest BCUT2D eigenvalue weighted by molar-refractivity contribution is 8.75. The Bertz CT molecular complexity index is 268. The average molecular weight is 236 g/mol. The first-order valence-corrected chi connectivity index (χ1v) is 7.03. The summed E-state index contributed by atoms with van der Waals surface area (Å²) in [6.07, 6.45) is 0. The van der Waals surface area contributed by atoms with Crippen LogP contribution in [0.5, 0.6) is 0 Å². The van der Waals surface area contributed by atoms with Crippen molar-refractivity contribution in [3.8, 4) is 0 Å². The molecule has 1 unspecified atom stereocenters. The van der Waals surface area contributed by atoms with Crippen LogP contribution in [0.2, 0.25) is 0 Å². The van der Waals surface area contributed by atoms with Gasteiger partial charge in [0.05, 0.1) is 11.1 Å². The van der Waals surface area contributed by atoms with E-state index in [-0.39, 0.29) is 0 Å². The van der Waals surface area contributed by atoms with Gasteiger partial charge in [-0.3, -0.25) is 4.57 Å². The highest BCUT2D eigenvalue weighted by Crippen LogP contribution is 2.34. The molecular formula is C7H9O3PS2. The lowest BCUT2D eigenvalue weighted by Gasteiger charge is -1.98. The maximum Gasteiger partial charge on any atom is 0.328 e. The summed E-state index contributed by atoms with van der Waals surface area (Å²) in [5, 5.41) is 0. The van der Waals surface area contributed by atoms with Gasteiger partial charge in [-0.05, 0) is 5.56 Å². The summed E-state index contributed by atoms with van der Waals surface area (Å²) in [5.41, 5.74) is 1.17. The molecule has 0 aliphatic heterocycles. The first kappa shape index (κ1) is 11.1. The third kappa shape index (κ3) is 5.39. The average Bonchev–Trinajstić information content (AvgIpc) is 2.14. The number of hydrogen-bond acceptors (Lipinski definition) is 4. The number of hydrogen-bond donors (Lipinski definition) is 1. The Hall–Kier alpha value is 0.0700. The van der Waals surface area contributed by atoms with E-state index in [2.05, 4.69) is 3.97 Å². The Morgan fingerprint density at radius 1 is 1.38 bits per heavy atom. The summed E-state index contributed by atoms with van der Waals surface area (Å²) < 4.78 is 14.6. The van der Waals surface area contributed by atoms with Gasteiger partial charge in [-0.15, -0.1) is 0 Å². The van der Waals surface area contributed by atoms with Gasteiger partial charge in [0.2, 0.25) is 0 Å². The Balaban J connectivity index is 2.17. The largest absolute Gasteiger partial charge is 0.328 e. The van der Waals surface area contributed by atoms with E-state index in [1.54, 1.807) is 0 Å². The SMILES string of the molecule is O=[PH](O)OSSCc1ccccc1. The fourth-order valence-corrected chi connectivity index (χ4v) is 3.03. The molecular weight excluding hydrogens is 227 g/mol. The molecule has 3 nitrogen and oxygen atoms in total. The van der Waals surface area contributed by atoms with Crippen molar-refractivity contribution in [2.75, 3.05) is 0 Å². The summed E-state index contributed by atoms with van der Waals surface area (Å²) in [6, 6.07) is 9.85. The van der Waals surface area contributed by atoms with Crippen molar-refractivity contribution in [3.05, 3.63) is 35.9 Å². The fraction of sp³-hybridized carbons (Fsp3) is 0.143. The lowest BCUT2D eigenvalue weighted by molar-refractivity contribution is 0.434. The van der Waals surface area contributed by atoms with Crippen LogP contribution in [0.4, 0.5) is 0 Å². The zero-order valence-corrected chi connectivity index (χ0v) is 9.31. The van der Waals surface area contributed by atoms with Gasteiger partial charge < -0.3 is 4.89 Å². The van der Waals surface area contributed by atoms with Crippen LogP contribution in [0, 0.1) is 0 Å². The maximum atomic E-state index is 10.1. The van der Waals surface area contributed by atoms with Crippen LogP contribution in [0.1, 0.15) is 5.56 Å². The molecule has 72 valence electrons. The van der Waals surface area contributed by atoms with Crippen molar-refractivity contribution in [3.63, 3.8) is 0 Å². The molecule has 1 N–H and O–H groups in total. The van der Waals surface area contributed by atoms with Gasteiger partial charge in [-0.1, -0.05) is 41.1 Å². The van der Waals surface area contributed by atoms with Gasteiger partial charge in [0.25, 0.3) is 0 Å². The van der Waals surface area contributed by atoms with E-state index < -0.39 is 8.25 Å². The summed E-state index contributed by atoms with van der Waals surface area (Å²) in [7, 11) is -1.40. The monoisotopic (exact) mass is 236 g/mol. The molecule has 0 amide bonds. The van der Waals surface area contributed by atoms with Gasteiger partial charge in [-0.25, -0.2) is 3.97 Å². The Labute approximate surface area is 85.4 Å². The lowest BCUT2D eigenvalue weighted by atomic mass is 10.2. The molecule has 0 aromatic heterocycles. The van der Waals surface area contributed by atoms with E-state index in [0.717, 1.165) is 16.8 Å². The molecule has 0 aliphatic carbocycles. The third-order valence-electron chi connectivity index (χ3n) is 1.22. The second-order valence-electron chi connectivity index (χ2n) is 2.17. The van der Waals surface area contributed by atoms with Crippen LogP contribution in [0.15, 0.2) is 30.3 Å². The molecule has 0 spiro atoms. The molecule has 0 saturated carbocycles. The molecule has 6 heteroatoms. The number of rotatable bonds is 5. The van der Waals surface area contributed by atoms with Gasteiger partial charge >= 0.3 is 8.25 Å². The second kappa shape index (κ2) is 6.51. The van der Waals surface area contributed by atoms with Gasteiger partial charge in [0.15, 0.2) is 0 Å². The van der Waals surface area contributed by atoms with E-state index in [4.69, 9.17) is 4.89 Å². The molecule has 0 aliphatic rings. The predicted molar refractivity (Wildman–Crippen MR) is 57.6 cm³/mol. The molecule has 1 atom stereocenters. The Kier molecular flexibility index (Phi) is 5.58. The van der Waals surface area contributed by atoms with Gasteiger partial charge in [0, 0.05) is 5.75 Å². The van der Waals surface area contributed by atoms with Crippen molar-refractivity contribution in [2.45, 2.75) is 5.75 Å². The molecule has 13 heavy (non-hydrogen) atoms. The minimum atomic E-state index is -2.80. The Morgan fingerprint density at radius 2 is 2.08 bits per heavy atom. The molecule has 1 aromatic carbocycles.